The second-order valence-corrected chi connectivity index (χ2v) is 6.21. The van der Waals surface area contributed by atoms with Crippen molar-refractivity contribution in [1.29, 1.82) is 0 Å². The third kappa shape index (κ3) is 3.57. The Labute approximate surface area is 132 Å². The van der Waals surface area contributed by atoms with E-state index < -0.39 is 0 Å². The molecule has 0 bridgehead atoms. The summed E-state index contributed by atoms with van der Waals surface area (Å²) < 4.78 is 0. The van der Waals surface area contributed by atoms with Gasteiger partial charge in [0, 0.05) is 19.0 Å². The van der Waals surface area contributed by atoms with Crippen LogP contribution in [0, 0.1) is 0 Å². The molecular formula is C18H25N3O. The van der Waals surface area contributed by atoms with Gasteiger partial charge in [0.2, 0.25) is 0 Å². The SMILES string of the molecule is CCC(O)CN1CCCC(c2ncc(-c3ccccc3)[nH]2)C1. The number of hydrogen-bond donors (Lipinski definition) is 2. The number of likely N-dealkylation sites (tertiary alicyclic amines) is 1. The summed E-state index contributed by atoms with van der Waals surface area (Å²) in [5.41, 5.74) is 2.26. The zero-order valence-electron chi connectivity index (χ0n) is 13.2. The van der Waals surface area contributed by atoms with E-state index in [0.29, 0.717) is 5.92 Å². The maximum absolute atomic E-state index is 9.85. The number of rotatable bonds is 5. The second-order valence-electron chi connectivity index (χ2n) is 6.21. The molecule has 118 valence electrons. The van der Waals surface area contributed by atoms with Crippen molar-refractivity contribution in [2.24, 2.45) is 0 Å². The maximum atomic E-state index is 9.85. The number of nitrogens with zero attached hydrogens (tertiary/aromatic N) is 2. The van der Waals surface area contributed by atoms with Crippen molar-refractivity contribution in [1.82, 2.24) is 14.9 Å². The molecule has 1 aliphatic heterocycles. The average Bonchev–Trinajstić information content (AvgIpc) is 3.06. The lowest BCUT2D eigenvalue weighted by Gasteiger charge is -2.32. The number of aromatic amines is 1. The van der Waals surface area contributed by atoms with E-state index in [1.807, 2.05) is 31.3 Å². The van der Waals surface area contributed by atoms with Gasteiger partial charge in [-0.05, 0) is 31.4 Å². The van der Waals surface area contributed by atoms with Gasteiger partial charge in [-0.15, -0.1) is 0 Å². The first kappa shape index (κ1) is 15.3. The Bertz CT molecular complexity index is 581. The molecule has 1 aromatic heterocycles. The van der Waals surface area contributed by atoms with E-state index in [1.165, 1.54) is 18.4 Å². The molecule has 22 heavy (non-hydrogen) atoms. The van der Waals surface area contributed by atoms with Crippen LogP contribution in [0.15, 0.2) is 36.5 Å². The molecule has 1 saturated heterocycles. The molecule has 0 spiro atoms. The molecule has 1 aromatic carbocycles. The van der Waals surface area contributed by atoms with Crippen LogP contribution in [0.2, 0.25) is 0 Å². The molecule has 2 N–H and O–H groups in total. The minimum absolute atomic E-state index is 0.213. The van der Waals surface area contributed by atoms with E-state index in [-0.39, 0.29) is 6.10 Å². The van der Waals surface area contributed by atoms with Gasteiger partial charge in [-0.25, -0.2) is 4.98 Å². The first-order valence-electron chi connectivity index (χ1n) is 8.27. The van der Waals surface area contributed by atoms with Gasteiger partial charge < -0.3 is 15.0 Å². The van der Waals surface area contributed by atoms with E-state index in [4.69, 9.17) is 0 Å². The van der Waals surface area contributed by atoms with Crippen LogP contribution in [-0.4, -0.2) is 45.7 Å². The van der Waals surface area contributed by atoms with Crippen LogP contribution in [0.5, 0.6) is 0 Å². The lowest BCUT2D eigenvalue weighted by molar-refractivity contribution is 0.0919. The fourth-order valence-corrected chi connectivity index (χ4v) is 3.18. The number of nitrogens with one attached hydrogen (secondary N) is 1. The lowest BCUT2D eigenvalue weighted by atomic mass is 9.97. The Hall–Kier alpha value is -1.65. The summed E-state index contributed by atoms with van der Waals surface area (Å²) >= 11 is 0. The minimum Gasteiger partial charge on any atom is -0.392 e. The molecule has 1 fully saturated rings. The Kier molecular flexibility index (Phi) is 4.90. The van der Waals surface area contributed by atoms with Crippen molar-refractivity contribution in [3.8, 4) is 11.3 Å². The van der Waals surface area contributed by atoms with Crippen LogP contribution in [0.25, 0.3) is 11.3 Å². The molecule has 0 saturated carbocycles. The van der Waals surface area contributed by atoms with Crippen molar-refractivity contribution in [2.45, 2.75) is 38.2 Å². The van der Waals surface area contributed by atoms with Gasteiger partial charge in [0.05, 0.1) is 18.0 Å². The molecule has 3 rings (SSSR count). The highest BCUT2D eigenvalue weighted by atomic mass is 16.3. The third-order valence-electron chi connectivity index (χ3n) is 4.51. The monoisotopic (exact) mass is 299 g/mol. The van der Waals surface area contributed by atoms with Gasteiger partial charge in [0.1, 0.15) is 5.82 Å². The summed E-state index contributed by atoms with van der Waals surface area (Å²) in [4.78, 5) is 10.5. The summed E-state index contributed by atoms with van der Waals surface area (Å²) in [6, 6.07) is 10.3. The molecule has 4 heteroatoms. The predicted octanol–water partition coefficient (Wildman–Crippen LogP) is 3.03. The molecule has 4 nitrogen and oxygen atoms in total. The largest absolute Gasteiger partial charge is 0.392 e. The first-order valence-corrected chi connectivity index (χ1v) is 8.27. The van der Waals surface area contributed by atoms with Crippen molar-refractivity contribution in [3.05, 3.63) is 42.4 Å². The number of hydrogen-bond acceptors (Lipinski definition) is 3. The van der Waals surface area contributed by atoms with Gasteiger partial charge >= 0.3 is 0 Å². The molecule has 0 aliphatic carbocycles. The van der Waals surface area contributed by atoms with E-state index in [9.17, 15) is 5.11 Å². The van der Waals surface area contributed by atoms with Gasteiger partial charge in [-0.2, -0.15) is 0 Å². The van der Waals surface area contributed by atoms with Gasteiger partial charge in [-0.3, -0.25) is 0 Å². The number of imidazole rings is 1. The summed E-state index contributed by atoms with van der Waals surface area (Å²) in [5.74, 6) is 1.52. The molecular weight excluding hydrogens is 274 g/mol. The van der Waals surface area contributed by atoms with Gasteiger partial charge in [0.25, 0.3) is 0 Å². The van der Waals surface area contributed by atoms with E-state index in [1.54, 1.807) is 0 Å². The molecule has 2 aromatic rings. The average molecular weight is 299 g/mol. The van der Waals surface area contributed by atoms with Crippen molar-refractivity contribution in [2.75, 3.05) is 19.6 Å². The van der Waals surface area contributed by atoms with Crippen molar-refractivity contribution >= 4 is 0 Å². The van der Waals surface area contributed by atoms with Crippen LogP contribution in [0.4, 0.5) is 0 Å². The van der Waals surface area contributed by atoms with Gasteiger partial charge in [-0.1, -0.05) is 37.3 Å². The Balaban J connectivity index is 1.68. The quantitative estimate of drug-likeness (QED) is 0.892. The third-order valence-corrected chi connectivity index (χ3v) is 4.51. The lowest BCUT2D eigenvalue weighted by Crippen LogP contribution is -2.39. The topological polar surface area (TPSA) is 52.1 Å². The number of aliphatic hydroxyl groups excluding tert-OH is 1. The van der Waals surface area contributed by atoms with Crippen LogP contribution in [0.1, 0.15) is 37.9 Å². The fourth-order valence-electron chi connectivity index (χ4n) is 3.18. The Morgan fingerprint density at radius 1 is 1.36 bits per heavy atom. The standard InChI is InChI=1S/C18H25N3O/c1-2-16(22)13-21-10-6-9-15(12-21)18-19-11-17(20-18)14-7-4-3-5-8-14/h3-5,7-8,11,15-16,22H,2,6,9-10,12-13H2,1H3,(H,19,20). The highest BCUT2D eigenvalue weighted by Crippen LogP contribution is 2.27. The van der Waals surface area contributed by atoms with Crippen LogP contribution >= 0.6 is 0 Å². The van der Waals surface area contributed by atoms with Crippen LogP contribution in [-0.2, 0) is 0 Å². The van der Waals surface area contributed by atoms with E-state index >= 15 is 0 Å². The van der Waals surface area contributed by atoms with Crippen LogP contribution in [0.3, 0.4) is 0 Å². The molecule has 2 heterocycles. The predicted molar refractivity (Wildman–Crippen MR) is 88.7 cm³/mol. The summed E-state index contributed by atoms with van der Waals surface area (Å²) in [7, 11) is 0. The number of piperidine rings is 1. The number of H-pyrrole nitrogens is 1. The van der Waals surface area contributed by atoms with E-state index in [0.717, 1.165) is 37.6 Å². The van der Waals surface area contributed by atoms with Crippen LogP contribution < -0.4 is 0 Å². The summed E-state index contributed by atoms with van der Waals surface area (Å²) in [6.07, 6.45) is 4.88. The maximum Gasteiger partial charge on any atom is 0.110 e. The number of aliphatic hydroxyl groups is 1. The normalized spacial score (nSPS) is 20.9. The zero-order chi connectivity index (χ0) is 15.4. The number of β-amino-alcohol motifs (C(OH)–C–C–N with tert-alkyl or cyclic N) is 1. The number of benzene rings is 1. The molecule has 0 amide bonds. The highest BCUT2D eigenvalue weighted by Gasteiger charge is 2.24. The molecule has 0 radical (unpaired) electrons. The summed E-state index contributed by atoms with van der Waals surface area (Å²) in [6.45, 7) is 4.88. The summed E-state index contributed by atoms with van der Waals surface area (Å²) in [5, 5.41) is 9.85. The molecule has 2 atom stereocenters. The van der Waals surface area contributed by atoms with E-state index in [2.05, 4.69) is 27.0 Å². The zero-order valence-corrected chi connectivity index (χ0v) is 13.2. The van der Waals surface area contributed by atoms with Gasteiger partial charge in [0.15, 0.2) is 0 Å². The smallest absolute Gasteiger partial charge is 0.110 e. The first-order chi connectivity index (χ1) is 10.8. The number of aromatic nitrogens is 2. The molecule has 1 aliphatic rings. The molecule has 2 unspecified atom stereocenters. The fraction of sp³-hybridized carbons (Fsp3) is 0.500. The van der Waals surface area contributed by atoms with Crippen molar-refractivity contribution < 1.29 is 5.11 Å². The Morgan fingerprint density at radius 3 is 2.95 bits per heavy atom. The Morgan fingerprint density at radius 2 is 2.18 bits per heavy atom. The van der Waals surface area contributed by atoms with Crippen molar-refractivity contribution in [3.63, 3.8) is 0 Å². The minimum atomic E-state index is -0.213. The second kappa shape index (κ2) is 7.07. The highest BCUT2D eigenvalue weighted by molar-refractivity contribution is 5.58.